The first kappa shape index (κ1) is 19.7. The molecule has 0 saturated carbocycles. The van der Waals surface area contributed by atoms with Gasteiger partial charge in [-0.05, 0) is 0 Å². The van der Waals surface area contributed by atoms with E-state index >= 15 is 0 Å². The maximum absolute atomic E-state index is 9.29. The van der Waals surface area contributed by atoms with Gasteiger partial charge in [-0.15, -0.1) is 11.6 Å². The largest absolute Gasteiger partial charge is 2.00 e. The van der Waals surface area contributed by atoms with Gasteiger partial charge in [0.2, 0.25) is 0 Å². The van der Waals surface area contributed by atoms with Gasteiger partial charge in [-0.2, -0.15) is 0 Å². The molecule has 1 N–H and O–H groups in total. The number of aliphatic hydroxyl groups is 1. The summed E-state index contributed by atoms with van der Waals surface area (Å²) in [5, 5.41) is 7.74. The molecular formula is C2H7BaClO6P2. The molecule has 70 valence electrons. The molecule has 0 fully saturated rings. The molecule has 2 atom stereocenters. The van der Waals surface area contributed by atoms with E-state index in [1.807, 2.05) is 0 Å². The summed E-state index contributed by atoms with van der Waals surface area (Å²) < 4.78 is 21.8. The third kappa shape index (κ3) is 29.5. The van der Waals surface area contributed by atoms with Gasteiger partial charge in [-0.25, -0.2) is 0 Å². The van der Waals surface area contributed by atoms with Gasteiger partial charge in [-0.3, -0.25) is 4.31 Å². The molecule has 0 aromatic heterocycles. The second kappa shape index (κ2) is 15.6. The van der Waals surface area contributed by atoms with Gasteiger partial charge in [0.15, 0.2) is 0 Å². The minimum Gasteiger partial charge on any atom is -0.781 e. The van der Waals surface area contributed by atoms with E-state index in [1.54, 1.807) is 0 Å². The van der Waals surface area contributed by atoms with Gasteiger partial charge in [0.05, 0.1) is 6.61 Å². The number of aliphatic hydroxyl groups excluding tert-OH is 1. The third-order valence-electron chi connectivity index (χ3n) is 0.251. The summed E-state index contributed by atoms with van der Waals surface area (Å²) in [5.74, 6) is 0.347. The predicted molar refractivity (Wildman–Crippen MR) is 42.6 cm³/mol. The van der Waals surface area contributed by atoms with Crippen molar-refractivity contribution in [2.75, 3.05) is 12.5 Å². The summed E-state index contributed by atoms with van der Waals surface area (Å²) in [6, 6.07) is 0. The Balaban J connectivity index is -0.000000142. The maximum atomic E-state index is 9.29. The zero-order valence-electron chi connectivity index (χ0n) is 5.99. The summed E-state index contributed by atoms with van der Waals surface area (Å²) in [6.07, 6.45) is 0. The van der Waals surface area contributed by atoms with Crippen LogP contribution in [0, 0.1) is 0 Å². The van der Waals surface area contributed by atoms with Crippen LogP contribution < -0.4 is 9.79 Å². The van der Waals surface area contributed by atoms with E-state index in [0.29, 0.717) is 5.88 Å². The molecule has 0 radical (unpaired) electrons. The van der Waals surface area contributed by atoms with Gasteiger partial charge in [0.25, 0.3) is 0 Å². The van der Waals surface area contributed by atoms with Gasteiger partial charge < -0.3 is 24.0 Å². The van der Waals surface area contributed by atoms with Crippen molar-refractivity contribution in [2.24, 2.45) is 0 Å². The Kier molecular flexibility index (Phi) is 25.6. The van der Waals surface area contributed by atoms with Crippen LogP contribution in [0.15, 0.2) is 0 Å². The first-order valence-electron chi connectivity index (χ1n) is 2.31. The summed E-state index contributed by atoms with van der Waals surface area (Å²) in [5.41, 5.74) is 0. The van der Waals surface area contributed by atoms with Crippen molar-refractivity contribution in [1.82, 2.24) is 0 Å². The summed E-state index contributed by atoms with van der Waals surface area (Å²) >= 11 is 4.94. The number of alkyl halides is 1. The van der Waals surface area contributed by atoms with Crippen molar-refractivity contribution in [1.29, 1.82) is 0 Å². The van der Waals surface area contributed by atoms with Crippen LogP contribution in [-0.4, -0.2) is 66.5 Å². The van der Waals surface area contributed by atoms with Gasteiger partial charge in [0, 0.05) is 5.88 Å². The summed E-state index contributed by atoms with van der Waals surface area (Å²) in [6.45, 7) is 0.0849. The topological polar surface area (TPSA) is 110 Å². The van der Waals surface area contributed by atoms with Crippen LogP contribution >= 0.6 is 28.1 Å². The van der Waals surface area contributed by atoms with Crippen molar-refractivity contribution in [3.8, 4) is 0 Å². The van der Waals surface area contributed by atoms with Crippen molar-refractivity contribution in [3.63, 3.8) is 0 Å². The molecule has 12 heavy (non-hydrogen) atoms. The number of halogens is 1. The Morgan fingerprint density at radius 3 is 1.58 bits per heavy atom. The van der Waals surface area contributed by atoms with E-state index in [9.17, 15) is 18.9 Å². The molecule has 0 aliphatic carbocycles. The molecule has 0 heterocycles. The standard InChI is InChI=1S/C2H5ClO.Ba.H4O5P2/c3-1-2-4;;1-6(2)5-7(3)4/h4H,1-2H2;;6-7H,(H,1,2)(H,3,4)/q;+2;/p-2. The minimum atomic E-state index is -3.51. The molecule has 0 bridgehead atoms. The van der Waals surface area contributed by atoms with Crippen LogP contribution in [0.1, 0.15) is 0 Å². The Bertz CT molecular complexity index is 119. The Hall–Kier alpha value is 2.16. The monoisotopic (exact) mass is 362 g/mol. The quantitative estimate of drug-likeness (QED) is 0.366. The summed E-state index contributed by atoms with van der Waals surface area (Å²) in [4.78, 5) is 18.6. The van der Waals surface area contributed by atoms with E-state index in [-0.39, 0.29) is 55.5 Å². The molecule has 0 aromatic rings. The second-order valence-corrected chi connectivity index (χ2v) is 3.21. The van der Waals surface area contributed by atoms with E-state index in [4.69, 9.17) is 16.7 Å². The molecule has 0 aliphatic heterocycles. The first-order valence-corrected chi connectivity index (χ1v) is 5.29. The Labute approximate surface area is 116 Å². The van der Waals surface area contributed by atoms with Gasteiger partial charge in [-0.1, -0.05) is 0 Å². The van der Waals surface area contributed by atoms with Crippen molar-refractivity contribution in [3.05, 3.63) is 0 Å². The van der Waals surface area contributed by atoms with Crippen LogP contribution in [-0.2, 0) is 13.4 Å². The minimum absolute atomic E-state index is 0. The zero-order valence-corrected chi connectivity index (χ0v) is 13.2. The molecular weight excluding hydrogens is 355 g/mol. The molecule has 0 aromatic carbocycles. The van der Waals surface area contributed by atoms with Crippen LogP contribution in [0.3, 0.4) is 0 Å². The molecule has 10 heteroatoms. The van der Waals surface area contributed by atoms with Crippen LogP contribution in [0.25, 0.3) is 0 Å². The van der Waals surface area contributed by atoms with Crippen LogP contribution in [0.2, 0.25) is 0 Å². The predicted octanol–water partition coefficient (Wildman–Crippen LogP) is -1.66. The zero-order chi connectivity index (χ0) is 9.28. The SMILES string of the molecule is O=[PH]([O-])O[PH](=O)[O-].OCCCl.[Ba+2]. The van der Waals surface area contributed by atoms with Crippen molar-refractivity contribution < 1.29 is 28.3 Å². The molecule has 0 aliphatic rings. The average molecular weight is 362 g/mol. The number of rotatable bonds is 3. The molecule has 2 unspecified atom stereocenters. The van der Waals surface area contributed by atoms with Crippen LogP contribution in [0.4, 0.5) is 0 Å². The van der Waals surface area contributed by atoms with Gasteiger partial charge >= 0.3 is 48.9 Å². The molecule has 6 nitrogen and oxygen atoms in total. The number of hydrogen-bond donors (Lipinski definition) is 1. The summed E-state index contributed by atoms with van der Waals surface area (Å²) in [7, 11) is -7.03. The second-order valence-electron chi connectivity index (χ2n) is 1.01. The normalized spacial score (nSPS) is 13.3. The van der Waals surface area contributed by atoms with E-state index in [0.717, 1.165) is 0 Å². The fourth-order valence-electron chi connectivity index (χ4n) is 0.0680. The van der Waals surface area contributed by atoms with Gasteiger partial charge in [0.1, 0.15) is 16.5 Å². The smallest absolute Gasteiger partial charge is 0.781 e. The molecule has 0 rings (SSSR count). The Morgan fingerprint density at radius 2 is 1.58 bits per heavy atom. The third-order valence-corrected chi connectivity index (χ3v) is 1.75. The molecule has 0 amide bonds. The van der Waals surface area contributed by atoms with Crippen molar-refractivity contribution in [2.45, 2.75) is 0 Å². The van der Waals surface area contributed by atoms with E-state index < -0.39 is 16.5 Å². The van der Waals surface area contributed by atoms with Crippen LogP contribution in [0.5, 0.6) is 0 Å². The average Bonchev–Trinajstić information content (AvgIpc) is 1.85. The molecule has 0 saturated heterocycles. The fraction of sp³-hybridized carbons (Fsp3) is 1.00. The van der Waals surface area contributed by atoms with E-state index in [2.05, 4.69) is 4.31 Å². The number of hydrogen-bond acceptors (Lipinski definition) is 6. The Morgan fingerprint density at radius 1 is 1.33 bits per heavy atom. The van der Waals surface area contributed by atoms with Crippen molar-refractivity contribution >= 4 is 77.0 Å². The first-order chi connectivity index (χ1) is 5.04. The fourth-order valence-corrected chi connectivity index (χ4v) is 0.612. The maximum Gasteiger partial charge on any atom is 2.00 e. The van der Waals surface area contributed by atoms with E-state index in [1.165, 1.54) is 0 Å². The molecule has 0 spiro atoms.